The van der Waals surface area contributed by atoms with E-state index < -0.39 is 12.3 Å². The van der Waals surface area contributed by atoms with Crippen LogP contribution in [-0.2, 0) is 9.53 Å². The Morgan fingerprint density at radius 1 is 1.24 bits per heavy atom. The average Bonchev–Trinajstić information content (AvgIpc) is 2.86. The molecule has 1 heterocycles. The first-order valence-electron chi connectivity index (χ1n) is 12.8. The van der Waals surface area contributed by atoms with Gasteiger partial charge >= 0.3 is 6.09 Å². The fraction of sp³-hybridized carbons (Fsp3) is 0.692. The molecular weight excluding hydrogens is 457 g/mol. The summed E-state index contributed by atoms with van der Waals surface area (Å²) in [6, 6.07) is -0.0943. The van der Waals surface area contributed by atoms with Crippen molar-refractivity contribution >= 4 is 23.6 Å². The van der Waals surface area contributed by atoms with Crippen molar-refractivity contribution < 1.29 is 18.7 Å². The highest BCUT2D eigenvalue weighted by Crippen LogP contribution is 2.35. The van der Waals surface area contributed by atoms with E-state index in [4.69, 9.17) is 16.3 Å². The van der Waals surface area contributed by atoms with Crippen LogP contribution in [0, 0.1) is 17.8 Å². The Hall–Kier alpha value is -1.86. The van der Waals surface area contributed by atoms with Crippen molar-refractivity contribution in [1.82, 2.24) is 15.5 Å². The molecule has 2 amide bonds. The lowest BCUT2D eigenvalue weighted by molar-refractivity contribution is -0.126. The van der Waals surface area contributed by atoms with Gasteiger partial charge < -0.3 is 20.3 Å². The molecule has 2 aliphatic carbocycles. The monoisotopic (exact) mass is 495 g/mol. The Morgan fingerprint density at radius 3 is 2.59 bits per heavy atom. The minimum absolute atomic E-state index is 0.0410. The molecular formula is C26H39ClFN3O3. The smallest absolute Gasteiger partial charge is 0.411 e. The highest BCUT2D eigenvalue weighted by atomic mass is 35.5. The summed E-state index contributed by atoms with van der Waals surface area (Å²) in [4.78, 5) is 27.8. The first-order chi connectivity index (χ1) is 16.4. The Kier molecular flexibility index (Phi) is 10.5. The number of ether oxygens (including phenoxy) is 1. The SMILES string of the molecule is CC[C@H]([C@@H](CNC(=O)C1CCNCC1)C1CC=C(Cl)CC1)N(CC)C(=O)OC1=CCC(F)C=C1. The van der Waals surface area contributed by atoms with Gasteiger partial charge in [-0.25, -0.2) is 9.18 Å². The van der Waals surface area contributed by atoms with Gasteiger partial charge in [-0.1, -0.05) is 24.6 Å². The summed E-state index contributed by atoms with van der Waals surface area (Å²) < 4.78 is 19.0. The molecule has 0 aromatic carbocycles. The first-order valence-corrected chi connectivity index (χ1v) is 13.1. The van der Waals surface area contributed by atoms with Gasteiger partial charge in [0.2, 0.25) is 5.91 Å². The van der Waals surface area contributed by atoms with E-state index >= 15 is 0 Å². The molecule has 3 rings (SSSR count). The molecule has 0 aromatic rings. The molecule has 1 saturated heterocycles. The molecule has 1 fully saturated rings. The Bertz CT molecular complexity index is 794. The van der Waals surface area contributed by atoms with Crippen LogP contribution in [0.15, 0.2) is 35.1 Å². The van der Waals surface area contributed by atoms with Crippen molar-refractivity contribution in [2.75, 3.05) is 26.2 Å². The number of carbonyl (C=O) groups excluding carboxylic acids is 2. The zero-order valence-corrected chi connectivity index (χ0v) is 21.2. The van der Waals surface area contributed by atoms with Crippen LogP contribution >= 0.6 is 11.6 Å². The maximum atomic E-state index is 13.4. The van der Waals surface area contributed by atoms with Gasteiger partial charge in [-0.3, -0.25) is 4.79 Å². The van der Waals surface area contributed by atoms with E-state index in [9.17, 15) is 14.0 Å². The van der Waals surface area contributed by atoms with Crippen LogP contribution < -0.4 is 10.6 Å². The van der Waals surface area contributed by atoms with Crippen LogP contribution in [0.4, 0.5) is 9.18 Å². The van der Waals surface area contributed by atoms with Crippen LogP contribution in [-0.4, -0.2) is 55.3 Å². The number of halogens is 2. The summed E-state index contributed by atoms with van der Waals surface area (Å²) in [5.74, 6) is 0.920. The molecule has 0 spiro atoms. The fourth-order valence-electron chi connectivity index (χ4n) is 5.34. The van der Waals surface area contributed by atoms with Gasteiger partial charge in [-0.2, -0.15) is 0 Å². The van der Waals surface area contributed by atoms with E-state index in [2.05, 4.69) is 23.6 Å². The van der Waals surface area contributed by atoms with Crippen LogP contribution in [0.5, 0.6) is 0 Å². The molecule has 3 aliphatic rings. The molecule has 2 unspecified atom stereocenters. The molecule has 4 atom stereocenters. The predicted octanol–water partition coefficient (Wildman–Crippen LogP) is 5.06. The number of piperidine rings is 1. The van der Waals surface area contributed by atoms with Crippen molar-refractivity contribution in [3.05, 3.63) is 35.1 Å². The predicted molar refractivity (Wildman–Crippen MR) is 133 cm³/mol. The van der Waals surface area contributed by atoms with Gasteiger partial charge in [-0.15, -0.1) is 0 Å². The van der Waals surface area contributed by atoms with Crippen molar-refractivity contribution in [3.63, 3.8) is 0 Å². The highest BCUT2D eigenvalue weighted by Gasteiger charge is 2.36. The summed E-state index contributed by atoms with van der Waals surface area (Å²) in [5.41, 5.74) is 0. The molecule has 34 heavy (non-hydrogen) atoms. The lowest BCUT2D eigenvalue weighted by atomic mass is 9.77. The molecule has 0 radical (unpaired) electrons. The fourth-order valence-corrected chi connectivity index (χ4v) is 5.54. The summed E-state index contributed by atoms with van der Waals surface area (Å²) in [6.45, 7) is 6.76. The largest absolute Gasteiger partial charge is 0.415 e. The number of alkyl halides is 1. The lowest BCUT2D eigenvalue weighted by Gasteiger charge is -2.40. The molecule has 1 aliphatic heterocycles. The standard InChI is InChI=1S/C26H39ClFN3O3/c1-3-24(31(4-2)26(33)34-22-11-9-21(28)10-12-22)23(18-5-7-20(27)8-6-18)17-30-25(32)19-13-15-29-16-14-19/h7,9,11-12,18-19,21,23-24,29H,3-6,8,10,13-17H2,1-2H3,(H,30,32)/t18?,21?,23-,24+/m0/s1. The highest BCUT2D eigenvalue weighted by molar-refractivity contribution is 6.29. The first kappa shape index (κ1) is 26.7. The van der Waals surface area contributed by atoms with Crippen molar-refractivity contribution in [1.29, 1.82) is 0 Å². The summed E-state index contributed by atoms with van der Waals surface area (Å²) in [6.07, 6.45) is 10.4. The number of amides is 2. The van der Waals surface area contributed by atoms with Crippen LogP contribution in [0.1, 0.15) is 58.8 Å². The van der Waals surface area contributed by atoms with E-state index in [1.165, 1.54) is 12.2 Å². The summed E-state index contributed by atoms with van der Waals surface area (Å²) >= 11 is 6.25. The number of nitrogens with one attached hydrogen (secondary N) is 2. The zero-order chi connectivity index (χ0) is 24.5. The van der Waals surface area contributed by atoms with Crippen LogP contribution in [0.3, 0.4) is 0 Å². The van der Waals surface area contributed by atoms with Gasteiger partial charge in [0.05, 0.1) is 0 Å². The number of rotatable bonds is 9. The van der Waals surface area contributed by atoms with E-state index in [1.807, 2.05) is 6.92 Å². The van der Waals surface area contributed by atoms with Crippen molar-refractivity contribution in [3.8, 4) is 0 Å². The number of allylic oxidation sites excluding steroid dienone is 5. The molecule has 190 valence electrons. The maximum absolute atomic E-state index is 13.4. The van der Waals surface area contributed by atoms with Crippen molar-refractivity contribution in [2.24, 2.45) is 17.8 Å². The number of hydrogen-bond acceptors (Lipinski definition) is 4. The average molecular weight is 496 g/mol. The lowest BCUT2D eigenvalue weighted by Crippen LogP contribution is -2.51. The van der Waals surface area contributed by atoms with E-state index in [1.54, 1.807) is 11.0 Å². The Balaban J connectivity index is 1.73. The molecule has 6 nitrogen and oxygen atoms in total. The third kappa shape index (κ3) is 7.32. The molecule has 0 saturated carbocycles. The number of nitrogens with zero attached hydrogens (tertiary/aromatic N) is 1. The minimum atomic E-state index is -1.03. The van der Waals surface area contributed by atoms with Crippen LogP contribution in [0.25, 0.3) is 0 Å². The molecule has 2 N–H and O–H groups in total. The Labute approximate surface area is 208 Å². The van der Waals surface area contributed by atoms with Gasteiger partial charge in [0.15, 0.2) is 0 Å². The van der Waals surface area contributed by atoms with E-state index in [0.717, 1.165) is 56.6 Å². The second kappa shape index (κ2) is 13.3. The number of carbonyl (C=O) groups is 2. The van der Waals surface area contributed by atoms with Gasteiger partial charge in [0, 0.05) is 36.5 Å². The second-order valence-electron chi connectivity index (χ2n) is 9.47. The number of hydrogen-bond donors (Lipinski definition) is 2. The van der Waals surface area contributed by atoms with Crippen molar-refractivity contribution in [2.45, 2.75) is 71.0 Å². The zero-order valence-electron chi connectivity index (χ0n) is 20.4. The molecule has 0 bridgehead atoms. The van der Waals surface area contributed by atoms with Gasteiger partial charge in [-0.05, 0) is 88.6 Å². The second-order valence-corrected chi connectivity index (χ2v) is 9.95. The Morgan fingerprint density at radius 2 is 2.00 bits per heavy atom. The van der Waals surface area contributed by atoms with E-state index in [0.29, 0.717) is 24.8 Å². The van der Waals surface area contributed by atoms with Gasteiger partial charge in [0.25, 0.3) is 0 Å². The maximum Gasteiger partial charge on any atom is 0.415 e. The summed E-state index contributed by atoms with van der Waals surface area (Å²) in [7, 11) is 0. The van der Waals surface area contributed by atoms with E-state index in [-0.39, 0.29) is 30.2 Å². The minimum Gasteiger partial charge on any atom is -0.411 e. The van der Waals surface area contributed by atoms with Crippen LogP contribution in [0.2, 0.25) is 0 Å². The molecule has 0 aromatic heterocycles. The third-order valence-corrected chi connectivity index (χ3v) is 7.67. The third-order valence-electron chi connectivity index (χ3n) is 7.33. The molecule has 8 heteroatoms. The van der Waals surface area contributed by atoms with Gasteiger partial charge in [0.1, 0.15) is 11.9 Å². The summed E-state index contributed by atoms with van der Waals surface area (Å²) in [5, 5.41) is 7.40. The topological polar surface area (TPSA) is 70.7 Å². The quantitative estimate of drug-likeness (QED) is 0.469. The normalized spacial score (nSPS) is 25.1.